The Morgan fingerprint density at radius 3 is 3.06 bits per heavy atom. The summed E-state index contributed by atoms with van der Waals surface area (Å²) in [6.45, 7) is 1.95. The lowest BCUT2D eigenvalue weighted by Crippen LogP contribution is -2.32. The van der Waals surface area contributed by atoms with Crippen LogP contribution in [-0.2, 0) is 0 Å². The fourth-order valence-corrected chi connectivity index (χ4v) is 2.22. The summed E-state index contributed by atoms with van der Waals surface area (Å²) in [6, 6.07) is 2.07. The lowest BCUT2D eigenvalue weighted by Gasteiger charge is -2.24. The molecule has 0 spiro atoms. The molecule has 2 heterocycles. The summed E-state index contributed by atoms with van der Waals surface area (Å²) in [7, 11) is 0. The van der Waals surface area contributed by atoms with Gasteiger partial charge in [0.25, 0.3) is 0 Å². The van der Waals surface area contributed by atoms with Gasteiger partial charge in [-0.05, 0) is 19.3 Å². The van der Waals surface area contributed by atoms with Crippen molar-refractivity contribution >= 4 is 11.6 Å². The van der Waals surface area contributed by atoms with Crippen LogP contribution in [0.2, 0.25) is 0 Å². The zero-order valence-electron chi connectivity index (χ0n) is 10.4. The predicted molar refractivity (Wildman–Crippen MR) is 69.7 cm³/mol. The Bertz CT molecular complexity index is 375. The molecule has 2 rings (SSSR count). The molecule has 0 amide bonds. The molecule has 1 aromatic heterocycles. The Hall–Kier alpha value is -1.40. The largest absolute Gasteiger partial charge is 0.396 e. The van der Waals surface area contributed by atoms with Gasteiger partial charge >= 0.3 is 0 Å². The first-order valence-electron chi connectivity index (χ1n) is 6.39. The van der Waals surface area contributed by atoms with E-state index in [0.29, 0.717) is 13.0 Å². The molecule has 0 aliphatic carbocycles. The Balaban J connectivity index is 2.02. The van der Waals surface area contributed by atoms with Gasteiger partial charge in [0.05, 0.1) is 12.6 Å². The first-order chi connectivity index (χ1) is 8.85. The van der Waals surface area contributed by atoms with E-state index in [4.69, 9.17) is 5.11 Å². The van der Waals surface area contributed by atoms with Crippen LogP contribution < -0.4 is 10.2 Å². The molecule has 0 aromatic carbocycles. The molecule has 1 aliphatic heterocycles. The van der Waals surface area contributed by atoms with Crippen molar-refractivity contribution in [2.45, 2.75) is 25.3 Å². The normalized spacial score (nSPS) is 19.2. The Morgan fingerprint density at radius 2 is 2.28 bits per heavy atom. The highest BCUT2D eigenvalue weighted by atomic mass is 16.3. The van der Waals surface area contributed by atoms with Crippen molar-refractivity contribution < 1.29 is 10.2 Å². The molecule has 0 bridgehead atoms. The van der Waals surface area contributed by atoms with E-state index < -0.39 is 0 Å². The molecule has 1 unspecified atom stereocenters. The number of aromatic nitrogens is 2. The summed E-state index contributed by atoms with van der Waals surface area (Å²) in [5.41, 5.74) is 0. The van der Waals surface area contributed by atoms with E-state index >= 15 is 0 Å². The van der Waals surface area contributed by atoms with Crippen molar-refractivity contribution in [1.29, 1.82) is 0 Å². The van der Waals surface area contributed by atoms with Crippen molar-refractivity contribution in [1.82, 2.24) is 9.97 Å². The van der Waals surface area contributed by atoms with Gasteiger partial charge in [-0.2, -0.15) is 0 Å². The van der Waals surface area contributed by atoms with Crippen LogP contribution in [0.3, 0.4) is 0 Å². The van der Waals surface area contributed by atoms with E-state index in [1.54, 1.807) is 0 Å². The molecule has 1 fully saturated rings. The highest BCUT2D eigenvalue weighted by molar-refractivity contribution is 5.49. The molecule has 6 nitrogen and oxygen atoms in total. The molecule has 100 valence electrons. The molecular formula is C12H20N4O2. The maximum absolute atomic E-state index is 9.31. The summed E-state index contributed by atoms with van der Waals surface area (Å²) in [4.78, 5) is 10.5. The first-order valence-corrected chi connectivity index (χ1v) is 6.39. The number of nitrogens with one attached hydrogen (secondary N) is 1. The molecule has 1 atom stereocenters. The van der Waals surface area contributed by atoms with E-state index in [2.05, 4.69) is 20.2 Å². The molecule has 0 saturated carbocycles. The van der Waals surface area contributed by atoms with Gasteiger partial charge in [-0.25, -0.2) is 9.97 Å². The van der Waals surface area contributed by atoms with Crippen molar-refractivity contribution in [2.24, 2.45) is 0 Å². The van der Waals surface area contributed by atoms with Crippen LogP contribution in [0.5, 0.6) is 0 Å². The van der Waals surface area contributed by atoms with Crippen molar-refractivity contribution in [3.8, 4) is 0 Å². The van der Waals surface area contributed by atoms with Gasteiger partial charge < -0.3 is 20.4 Å². The van der Waals surface area contributed by atoms with E-state index in [1.807, 2.05) is 6.07 Å². The van der Waals surface area contributed by atoms with Crippen LogP contribution in [-0.4, -0.2) is 52.5 Å². The highest BCUT2D eigenvalue weighted by Crippen LogP contribution is 2.24. The average molecular weight is 252 g/mol. The Labute approximate surface area is 107 Å². The summed E-state index contributed by atoms with van der Waals surface area (Å²) in [5.74, 6) is 1.62. The number of nitrogens with zero attached hydrogens (tertiary/aromatic N) is 3. The van der Waals surface area contributed by atoms with E-state index in [0.717, 1.165) is 31.0 Å². The maximum atomic E-state index is 9.31. The summed E-state index contributed by atoms with van der Waals surface area (Å²) >= 11 is 0. The molecule has 1 aliphatic rings. The smallest absolute Gasteiger partial charge is 0.134 e. The Morgan fingerprint density at radius 1 is 1.39 bits per heavy atom. The lowest BCUT2D eigenvalue weighted by molar-refractivity contribution is 0.266. The summed E-state index contributed by atoms with van der Waals surface area (Å²) < 4.78 is 0. The molecule has 1 saturated heterocycles. The van der Waals surface area contributed by atoms with E-state index in [-0.39, 0.29) is 19.3 Å². The SMILES string of the molecule is OCCCNc1cc(N2CCCC2CO)ncn1. The third-order valence-electron chi connectivity index (χ3n) is 3.18. The van der Waals surface area contributed by atoms with Gasteiger partial charge in [0, 0.05) is 25.8 Å². The second kappa shape index (κ2) is 6.51. The van der Waals surface area contributed by atoms with Crippen LogP contribution in [0, 0.1) is 0 Å². The van der Waals surface area contributed by atoms with E-state index in [1.165, 1.54) is 6.33 Å². The van der Waals surface area contributed by atoms with Crippen molar-refractivity contribution in [3.63, 3.8) is 0 Å². The monoisotopic (exact) mass is 252 g/mol. The highest BCUT2D eigenvalue weighted by Gasteiger charge is 2.24. The van der Waals surface area contributed by atoms with Crippen LogP contribution in [0.25, 0.3) is 0 Å². The number of aliphatic hydroxyl groups is 2. The average Bonchev–Trinajstić information content (AvgIpc) is 2.88. The standard InChI is InChI=1S/C12H20N4O2/c17-6-2-4-13-11-7-12(15-9-14-11)16-5-1-3-10(16)8-18/h7,9-10,17-18H,1-6,8H2,(H,13,14,15). The van der Waals surface area contributed by atoms with Gasteiger partial charge in [-0.1, -0.05) is 0 Å². The van der Waals surface area contributed by atoms with Gasteiger partial charge in [0.15, 0.2) is 0 Å². The molecule has 18 heavy (non-hydrogen) atoms. The molecule has 0 radical (unpaired) electrons. The zero-order chi connectivity index (χ0) is 12.8. The van der Waals surface area contributed by atoms with Crippen LogP contribution >= 0.6 is 0 Å². The number of rotatable bonds is 6. The summed E-state index contributed by atoms with van der Waals surface area (Å²) in [6.07, 6.45) is 4.32. The lowest BCUT2D eigenvalue weighted by atomic mass is 10.2. The second-order valence-electron chi connectivity index (χ2n) is 4.44. The second-order valence-corrected chi connectivity index (χ2v) is 4.44. The van der Waals surface area contributed by atoms with Gasteiger partial charge in [0.2, 0.25) is 0 Å². The molecule has 6 heteroatoms. The maximum Gasteiger partial charge on any atom is 0.134 e. The number of anilines is 2. The molecule has 3 N–H and O–H groups in total. The zero-order valence-corrected chi connectivity index (χ0v) is 10.4. The predicted octanol–water partition coefficient (Wildman–Crippen LogP) is 0.232. The first kappa shape index (κ1) is 13.0. The van der Waals surface area contributed by atoms with Crippen LogP contribution in [0.1, 0.15) is 19.3 Å². The molecule has 1 aromatic rings. The third kappa shape index (κ3) is 3.08. The van der Waals surface area contributed by atoms with Crippen molar-refractivity contribution in [2.75, 3.05) is 36.5 Å². The van der Waals surface area contributed by atoms with Gasteiger partial charge in [0.1, 0.15) is 18.0 Å². The number of hydrogen-bond acceptors (Lipinski definition) is 6. The minimum Gasteiger partial charge on any atom is -0.396 e. The number of aliphatic hydroxyl groups excluding tert-OH is 2. The fraction of sp³-hybridized carbons (Fsp3) is 0.667. The fourth-order valence-electron chi connectivity index (χ4n) is 2.22. The molecular weight excluding hydrogens is 232 g/mol. The van der Waals surface area contributed by atoms with Gasteiger partial charge in [-0.3, -0.25) is 0 Å². The summed E-state index contributed by atoms with van der Waals surface area (Å²) in [5, 5.41) is 21.2. The topological polar surface area (TPSA) is 81.5 Å². The van der Waals surface area contributed by atoms with Crippen molar-refractivity contribution in [3.05, 3.63) is 12.4 Å². The van der Waals surface area contributed by atoms with Gasteiger partial charge in [-0.15, -0.1) is 0 Å². The number of hydrogen-bond donors (Lipinski definition) is 3. The third-order valence-corrected chi connectivity index (χ3v) is 3.18. The van der Waals surface area contributed by atoms with Crippen LogP contribution in [0.4, 0.5) is 11.6 Å². The Kier molecular flexibility index (Phi) is 4.72. The van der Waals surface area contributed by atoms with E-state index in [9.17, 15) is 5.11 Å². The van der Waals surface area contributed by atoms with Crippen LogP contribution in [0.15, 0.2) is 12.4 Å². The minimum absolute atomic E-state index is 0.164. The minimum atomic E-state index is 0.164. The quantitative estimate of drug-likeness (QED) is 0.629.